The Morgan fingerprint density at radius 1 is 1.33 bits per heavy atom. The molecule has 0 aliphatic rings. The Labute approximate surface area is 112 Å². The van der Waals surface area contributed by atoms with Gasteiger partial charge in [-0.2, -0.15) is 0 Å². The van der Waals surface area contributed by atoms with Gasteiger partial charge in [-0.1, -0.05) is 51.5 Å². The number of hydrogen-bond acceptors (Lipinski definition) is 1. The number of methoxy groups -OCH3 is 1. The first-order valence-corrected chi connectivity index (χ1v) is 6.60. The molecule has 1 heteroatoms. The van der Waals surface area contributed by atoms with Gasteiger partial charge in [0, 0.05) is 5.56 Å². The van der Waals surface area contributed by atoms with Crippen LogP contribution in [0.4, 0.5) is 0 Å². The summed E-state index contributed by atoms with van der Waals surface area (Å²) >= 11 is 0. The lowest BCUT2D eigenvalue weighted by Gasteiger charge is -2.25. The number of hydrogen-bond donors (Lipinski definition) is 0. The van der Waals surface area contributed by atoms with Crippen LogP contribution in [0.1, 0.15) is 44.4 Å². The molecule has 0 aliphatic heterocycles. The topological polar surface area (TPSA) is 9.23 Å². The van der Waals surface area contributed by atoms with Crippen LogP contribution in [0.25, 0.3) is 0 Å². The zero-order valence-electron chi connectivity index (χ0n) is 12.6. The van der Waals surface area contributed by atoms with Crippen LogP contribution >= 0.6 is 0 Å². The Balaban J connectivity index is 3.33. The van der Waals surface area contributed by atoms with Gasteiger partial charge >= 0.3 is 0 Å². The van der Waals surface area contributed by atoms with E-state index in [0.29, 0.717) is 5.92 Å². The molecule has 0 heterocycles. The highest BCUT2D eigenvalue weighted by molar-refractivity contribution is 5.48. The Morgan fingerprint density at radius 2 is 1.94 bits per heavy atom. The molecule has 0 saturated heterocycles. The monoisotopic (exact) mass is 246 g/mol. The summed E-state index contributed by atoms with van der Waals surface area (Å²) in [6.45, 7) is 14.9. The summed E-state index contributed by atoms with van der Waals surface area (Å²) in [5, 5.41) is 0. The van der Waals surface area contributed by atoms with Crippen LogP contribution in [-0.2, 0) is 11.8 Å². The first kappa shape index (κ1) is 14.8. The van der Waals surface area contributed by atoms with Crippen LogP contribution in [0.15, 0.2) is 24.8 Å². The summed E-state index contributed by atoms with van der Waals surface area (Å²) in [6, 6.07) is 4.47. The minimum absolute atomic E-state index is 0.101. The van der Waals surface area contributed by atoms with Crippen molar-refractivity contribution in [3.8, 4) is 5.75 Å². The molecular formula is C17H26O. The van der Waals surface area contributed by atoms with Crippen molar-refractivity contribution in [1.29, 1.82) is 0 Å². The second-order valence-corrected chi connectivity index (χ2v) is 6.17. The largest absolute Gasteiger partial charge is 0.496 e. The molecule has 1 aromatic carbocycles. The number of benzene rings is 1. The average molecular weight is 246 g/mol. The van der Waals surface area contributed by atoms with Crippen LogP contribution in [0, 0.1) is 12.8 Å². The van der Waals surface area contributed by atoms with E-state index in [1.54, 1.807) is 7.11 Å². The SMILES string of the molecule is C=CC(C)Cc1cc(C)cc(C(C)(C)C)c1OC. The minimum Gasteiger partial charge on any atom is -0.496 e. The van der Waals surface area contributed by atoms with Crippen molar-refractivity contribution in [1.82, 2.24) is 0 Å². The fourth-order valence-corrected chi connectivity index (χ4v) is 2.23. The molecule has 0 fully saturated rings. The van der Waals surface area contributed by atoms with Gasteiger partial charge in [0.1, 0.15) is 5.75 Å². The fraction of sp³-hybridized carbons (Fsp3) is 0.529. The molecule has 0 aliphatic carbocycles. The van der Waals surface area contributed by atoms with Gasteiger partial charge in [0.2, 0.25) is 0 Å². The van der Waals surface area contributed by atoms with Crippen molar-refractivity contribution in [2.24, 2.45) is 5.92 Å². The van der Waals surface area contributed by atoms with Crippen molar-refractivity contribution in [2.45, 2.75) is 46.5 Å². The lowest BCUT2D eigenvalue weighted by Crippen LogP contribution is -2.15. The van der Waals surface area contributed by atoms with Gasteiger partial charge in [0.25, 0.3) is 0 Å². The third-order valence-corrected chi connectivity index (χ3v) is 3.27. The van der Waals surface area contributed by atoms with E-state index < -0.39 is 0 Å². The minimum atomic E-state index is 0.101. The third-order valence-electron chi connectivity index (χ3n) is 3.27. The molecule has 1 rings (SSSR count). The zero-order valence-corrected chi connectivity index (χ0v) is 12.6. The summed E-state index contributed by atoms with van der Waals surface area (Å²) in [7, 11) is 1.77. The molecule has 1 unspecified atom stereocenters. The Hall–Kier alpha value is -1.24. The van der Waals surface area contributed by atoms with Crippen molar-refractivity contribution < 1.29 is 4.74 Å². The van der Waals surface area contributed by atoms with Crippen molar-refractivity contribution >= 4 is 0 Å². The molecular weight excluding hydrogens is 220 g/mol. The molecule has 0 amide bonds. The second-order valence-electron chi connectivity index (χ2n) is 6.17. The second kappa shape index (κ2) is 5.60. The van der Waals surface area contributed by atoms with Crippen LogP contribution < -0.4 is 4.74 Å². The molecule has 0 spiro atoms. The Bertz CT molecular complexity index is 424. The molecule has 18 heavy (non-hydrogen) atoms. The normalized spacial score (nSPS) is 13.2. The summed E-state index contributed by atoms with van der Waals surface area (Å²) in [6.07, 6.45) is 2.98. The van der Waals surface area contributed by atoms with Crippen LogP contribution in [0.5, 0.6) is 5.75 Å². The maximum Gasteiger partial charge on any atom is 0.125 e. The highest BCUT2D eigenvalue weighted by Gasteiger charge is 2.22. The number of aryl methyl sites for hydroxylation is 1. The molecule has 1 nitrogen and oxygen atoms in total. The maximum atomic E-state index is 5.67. The zero-order chi connectivity index (χ0) is 13.9. The summed E-state index contributed by atoms with van der Waals surface area (Å²) < 4.78 is 5.67. The van der Waals surface area contributed by atoms with Gasteiger partial charge in [-0.05, 0) is 30.2 Å². The maximum absolute atomic E-state index is 5.67. The molecule has 1 atom stereocenters. The quantitative estimate of drug-likeness (QED) is 0.702. The van der Waals surface area contributed by atoms with Crippen LogP contribution in [-0.4, -0.2) is 7.11 Å². The highest BCUT2D eigenvalue weighted by atomic mass is 16.5. The summed E-state index contributed by atoms with van der Waals surface area (Å²) in [5.74, 6) is 1.51. The average Bonchev–Trinajstić information content (AvgIpc) is 2.27. The smallest absolute Gasteiger partial charge is 0.125 e. The van der Waals surface area contributed by atoms with E-state index in [2.05, 4.69) is 53.3 Å². The lowest BCUT2D eigenvalue weighted by molar-refractivity contribution is 0.390. The van der Waals surface area contributed by atoms with Crippen LogP contribution in [0.3, 0.4) is 0 Å². The molecule has 0 bridgehead atoms. The Morgan fingerprint density at radius 3 is 2.39 bits per heavy atom. The molecule has 0 radical (unpaired) electrons. The van der Waals surface area contributed by atoms with Gasteiger partial charge in [0.15, 0.2) is 0 Å². The molecule has 0 saturated carbocycles. The lowest BCUT2D eigenvalue weighted by atomic mass is 9.83. The third kappa shape index (κ3) is 3.38. The van der Waals surface area contributed by atoms with Gasteiger partial charge in [-0.15, -0.1) is 6.58 Å². The van der Waals surface area contributed by atoms with Crippen molar-refractivity contribution in [3.05, 3.63) is 41.5 Å². The van der Waals surface area contributed by atoms with Gasteiger partial charge in [-0.3, -0.25) is 0 Å². The van der Waals surface area contributed by atoms with E-state index in [1.807, 2.05) is 6.08 Å². The standard InChI is InChI=1S/C17H26O/c1-8-12(2)9-14-10-13(3)11-15(16(14)18-7)17(4,5)6/h8,10-12H,1,9H2,2-7H3. The van der Waals surface area contributed by atoms with Crippen molar-refractivity contribution in [2.75, 3.05) is 7.11 Å². The van der Waals surface area contributed by atoms with Gasteiger partial charge in [-0.25, -0.2) is 0 Å². The first-order chi connectivity index (χ1) is 8.29. The van der Waals surface area contributed by atoms with E-state index >= 15 is 0 Å². The number of ether oxygens (including phenoxy) is 1. The molecule has 100 valence electrons. The summed E-state index contributed by atoms with van der Waals surface area (Å²) in [4.78, 5) is 0. The van der Waals surface area contributed by atoms with E-state index in [4.69, 9.17) is 4.74 Å². The number of rotatable bonds is 4. The Kier molecular flexibility index (Phi) is 4.61. The van der Waals surface area contributed by atoms with Crippen LogP contribution in [0.2, 0.25) is 0 Å². The van der Waals surface area contributed by atoms with Gasteiger partial charge in [0.05, 0.1) is 7.11 Å². The first-order valence-electron chi connectivity index (χ1n) is 6.60. The molecule has 0 N–H and O–H groups in total. The van der Waals surface area contributed by atoms with Crippen molar-refractivity contribution in [3.63, 3.8) is 0 Å². The molecule has 1 aromatic rings. The molecule has 0 aromatic heterocycles. The fourth-order valence-electron chi connectivity index (χ4n) is 2.23. The van der Waals surface area contributed by atoms with E-state index in [-0.39, 0.29) is 5.41 Å². The van der Waals surface area contributed by atoms with E-state index in [9.17, 15) is 0 Å². The number of allylic oxidation sites excluding steroid dienone is 1. The van der Waals surface area contributed by atoms with E-state index in [1.165, 1.54) is 16.7 Å². The van der Waals surface area contributed by atoms with E-state index in [0.717, 1.165) is 12.2 Å². The predicted molar refractivity (Wildman–Crippen MR) is 79.5 cm³/mol. The predicted octanol–water partition coefficient (Wildman–Crippen LogP) is 4.67. The van der Waals surface area contributed by atoms with Gasteiger partial charge < -0.3 is 4.74 Å². The highest BCUT2D eigenvalue weighted by Crippen LogP contribution is 2.36. The summed E-state index contributed by atoms with van der Waals surface area (Å²) in [5.41, 5.74) is 3.97.